The number of amidine groups is 1. The number of hydrogen-bond donors (Lipinski definition) is 2. The highest BCUT2D eigenvalue weighted by Gasteiger charge is 2.44. The van der Waals surface area contributed by atoms with Crippen molar-refractivity contribution in [3.05, 3.63) is 124 Å². The first kappa shape index (κ1) is 51.3. The molecule has 0 fully saturated rings. The molecular weight excluding hydrogens is 921 g/mol. The van der Waals surface area contributed by atoms with Crippen LogP contribution in [0.5, 0.6) is 5.75 Å². The molecule has 0 saturated carbocycles. The van der Waals surface area contributed by atoms with Gasteiger partial charge < -0.3 is 19.3 Å². The summed E-state index contributed by atoms with van der Waals surface area (Å²) in [6, 6.07) is 7.78. The third-order valence-electron chi connectivity index (χ3n) is 12.2. The predicted octanol–water partition coefficient (Wildman–Crippen LogP) is 5.35. The molecule has 0 saturated heterocycles. The van der Waals surface area contributed by atoms with Crippen molar-refractivity contribution in [2.45, 2.75) is 71.8 Å². The van der Waals surface area contributed by atoms with E-state index in [2.05, 4.69) is 0 Å². The van der Waals surface area contributed by atoms with Crippen LogP contribution in [0.1, 0.15) is 86.1 Å². The maximum absolute atomic E-state index is 13.3. The monoisotopic (exact) mass is 976 g/mol. The molecule has 1 aromatic heterocycles. The molecule has 2 amide bonds. The van der Waals surface area contributed by atoms with Gasteiger partial charge in [-0.15, -0.1) is 0 Å². The lowest BCUT2D eigenvalue weighted by Gasteiger charge is -2.31. The number of carbonyl (C=O) groups excluding carboxylic acids is 2. The summed E-state index contributed by atoms with van der Waals surface area (Å²) in [7, 11) is -3.07. The van der Waals surface area contributed by atoms with E-state index in [4.69, 9.17) is 24.4 Å². The molecule has 0 bridgehead atoms. The summed E-state index contributed by atoms with van der Waals surface area (Å²) in [6.07, 6.45) is 14.4. The summed E-state index contributed by atoms with van der Waals surface area (Å²) in [5, 5.41) is 11.7. The van der Waals surface area contributed by atoms with Gasteiger partial charge in [0.05, 0.1) is 70.0 Å². The zero-order valence-corrected chi connectivity index (χ0v) is 40.8. The Morgan fingerprint density at radius 2 is 1.57 bits per heavy atom. The minimum atomic E-state index is -4.49. The zero-order chi connectivity index (χ0) is 49.9. The van der Waals surface area contributed by atoms with Crippen molar-refractivity contribution in [3.8, 4) is 5.75 Å². The molecule has 6 rings (SSSR count). The predicted molar refractivity (Wildman–Crippen MR) is 250 cm³/mol. The Balaban J connectivity index is 1.42. The van der Waals surface area contributed by atoms with E-state index in [0.29, 0.717) is 58.5 Å². The van der Waals surface area contributed by atoms with E-state index in [9.17, 15) is 45.4 Å². The van der Waals surface area contributed by atoms with Crippen molar-refractivity contribution >= 4 is 55.4 Å². The average Bonchev–Trinajstić information content (AvgIpc) is 3.69. The number of carboxylic acid groups (broad SMARTS) is 1. The van der Waals surface area contributed by atoms with Gasteiger partial charge in [0.2, 0.25) is 0 Å². The molecule has 3 aliphatic heterocycles. The van der Waals surface area contributed by atoms with Crippen LogP contribution in [-0.4, -0.2) is 122 Å². The van der Waals surface area contributed by atoms with Gasteiger partial charge in [-0.05, 0) is 111 Å². The fourth-order valence-corrected chi connectivity index (χ4v) is 9.13. The lowest BCUT2D eigenvalue weighted by molar-refractivity contribution is -0.684. The minimum Gasteiger partial charge on any atom is -0.748 e. The van der Waals surface area contributed by atoms with Crippen molar-refractivity contribution < 1.29 is 64.4 Å². The maximum atomic E-state index is 13.3. The van der Waals surface area contributed by atoms with Crippen LogP contribution in [0.4, 0.5) is 5.82 Å². The number of carbonyl (C=O) groups is 3. The fraction of sp³-hybridized carbons (Fsp3) is 0.404. The van der Waals surface area contributed by atoms with Gasteiger partial charge in [-0.3, -0.25) is 23.8 Å². The molecule has 4 heterocycles. The van der Waals surface area contributed by atoms with Crippen molar-refractivity contribution in [3.63, 3.8) is 0 Å². The number of likely N-dealkylation sites (N-methyl/N-ethyl adjacent to an activating group) is 1. The van der Waals surface area contributed by atoms with Gasteiger partial charge in [-0.1, -0.05) is 26.0 Å². The van der Waals surface area contributed by atoms with Crippen molar-refractivity contribution in [2.75, 3.05) is 46.4 Å². The number of benzene rings is 1. The molecule has 0 spiro atoms. The largest absolute Gasteiger partial charge is 0.748 e. The van der Waals surface area contributed by atoms with E-state index < -0.39 is 60.4 Å². The number of pyridine rings is 1. The van der Waals surface area contributed by atoms with Gasteiger partial charge in [0.1, 0.15) is 23.5 Å². The lowest BCUT2D eigenvalue weighted by Crippen LogP contribution is -2.38. The number of fused-ring (bicyclic) bond motifs is 2. The Labute approximate surface area is 396 Å². The van der Waals surface area contributed by atoms with Crippen molar-refractivity contribution in [1.82, 2.24) is 15.0 Å². The molecule has 68 heavy (non-hydrogen) atoms. The molecule has 1 aliphatic carbocycles. The minimum absolute atomic E-state index is 0.00553. The molecule has 0 radical (unpaired) electrons. The summed E-state index contributed by atoms with van der Waals surface area (Å²) in [4.78, 5) is 60.3. The van der Waals surface area contributed by atoms with Gasteiger partial charge in [-0.25, -0.2) is 32.9 Å². The zero-order valence-electron chi connectivity index (χ0n) is 39.2. The standard InChI is InChI=1S/C47H56N6O13S2/c1-46(2)36-26-33(43(54)50(5)64-7)28-52(22-10-24-67(58,59)60)41(36)48-38(46)20-16-30-12-9-13-31(40(30)66-35-18-14-32(15-19-35)45(56)57)17-21-39-47(3,4)37-27-34(44(55)51(6)65-8)29-53(42(37)49-39)23-11-25-68(61,62)63/h14-21,26-29H,9-13,22-25H2,1-8H3,(H2-,56,57,58,59,60,61,62,63). The molecule has 19 nitrogen and oxygen atoms in total. The number of aliphatic imine (C=N–C) groups is 2. The number of aromatic nitrogens is 1. The highest BCUT2D eigenvalue weighted by atomic mass is 32.2. The average molecular weight is 977 g/mol. The Morgan fingerprint density at radius 1 is 0.897 bits per heavy atom. The first-order valence-electron chi connectivity index (χ1n) is 21.7. The Hall–Kier alpha value is -6.10. The maximum Gasteiger partial charge on any atom is 0.335 e. The number of aromatic carboxylic acids is 1. The number of aryl methyl sites for hydroxylation is 1. The van der Waals surface area contributed by atoms with E-state index in [-0.39, 0.29) is 42.6 Å². The topological polar surface area (TPSA) is 249 Å². The molecule has 2 N–H and O–H groups in total. The number of carboxylic acids is 1. The van der Waals surface area contributed by atoms with Crippen LogP contribution in [0.2, 0.25) is 0 Å². The molecule has 4 aliphatic rings. The van der Waals surface area contributed by atoms with E-state index in [1.165, 1.54) is 40.4 Å². The normalized spacial score (nSPS) is 18.8. The second kappa shape index (κ2) is 20.2. The smallest absolute Gasteiger partial charge is 0.335 e. The summed E-state index contributed by atoms with van der Waals surface area (Å²) in [6.45, 7) is 8.06. The first-order chi connectivity index (χ1) is 31.8. The Morgan fingerprint density at radius 3 is 2.21 bits per heavy atom. The molecule has 21 heteroatoms. The third-order valence-corrected chi connectivity index (χ3v) is 13.8. The number of nitrogens with zero attached hydrogens (tertiary/aromatic N) is 6. The molecule has 1 aromatic carbocycles. The quantitative estimate of drug-likeness (QED) is 0.109. The first-order valence-corrected chi connectivity index (χ1v) is 24.9. The second-order valence-electron chi connectivity index (χ2n) is 17.6. The summed E-state index contributed by atoms with van der Waals surface area (Å²) in [5.74, 6) is -1.11. The summed E-state index contributed by atoms with van der Waals surface area (Å²) >= 11 is 0. The van der Waals surface area contributed by atoms with Gasteiger partial charge in [0.15, 0.2) is 5.71 Å². The van der Waals surface area contributed by atoms with Crippen LogP contribution in [0.15, 0.2) is 117 Å². The molecule has 364 valence electrons. The number of rotatable bonds is 18. The van der Waals surface area contributed by atoms with Gasteiger partial charge in [-0.2, -0.15) is 8.42 Å². The summed E-state index contributed by atoms with van der Waals surface area (Å²) in [5.41, 5.74) is 3.41. The van der Waals surface area contributed by atoms with Crippen LogP contribution in [0.25, 0.3) is 0 Å². The lowest BCUT2D eigenvalue weighted by atomic mass is 9.80. The number of hydroxylamine groups is 4. The van der Waals surface area contributed by atoms with E-state index in [1.54, 1.807) is 46.1 Å². The highest BCUT2D eigenvalue weighted by molar-refractivity contribution is 7.85. The Bertz CT molecular complexity index is 2870. The molecular formula is C47H56N6O13S2. The van der Waals surface area contributed by atoms with Gasteiger partial charge in [0, 0.05) is 43.6 Å². The SMILES string of the molecule is CON(C)C(=O)C1=CN(CCCS(=O)(=O)O)C2=N/C(=C/C=C3\CCCC(/C=C/C4=Nc5c(cc(C(=O)N(C)OC)c[n+]5CCCS(=O)(=O)[O-])C4(C)C)=C3Oc3ccc(C(=O)O)cc3)C(C)(C)C2=C1. The van der Waals surface area contributed by atoms with E-state index in [1.807, 2.05) is 52.0 Å². The molecule has 0 unspecified atom stereocenters. The number of ether oxygens (including phenoxy) is 1. The second-order valence-corrected chi connectivity index (χ2v) is 20.7. The number of hydrogen-bond acceptors (Lipinski definition) is 14. The van der Waals surface area contributed by atoms with Gasteiger partial charge >= 0.3 is 11.8 Å². The molecule has 0 atom stereocenters. The van der Waals surface area contributed by atoms with Crippen molar-refractivity contribution in [2.24, 2.45) is 15.4 Å². The third kappa shape index (κ3) is 11.6. The van der Waals surface area contributed by atoms with Crippen LogP contribution < -0.4 is 9.30 Å². The van der Waals surface area contributed by atoms with E-state index >= 15 is 0 Å². The van der Waals surface area contributed by atoms with E-state index in [0.717, 1.165) is 27.7 Å². The van der Waals surface area contributed by atoms with Gasteiger partial charge in [0.25, 0.3) is 21.9 Å². The highest BCUT2D eigenvalue weighted by Crippen LogP contribution is 2.46. The van der Waals surface area contributed by atoms with Crippen LogP contribution in [0, 0.1) is 5.41 Å². The Kier molecular flexibility index (Phi) is 15.3. The van der Waals surface area contributed by atoms with Crippen LogP contribution in [-0.2, 0) is 46.7 Å². The van der Waals surface area contributed by atoms with Crippen LogP contribution >= 0.6 is 0 Å². The van der Waals surface area contributed by atoms with Crippen molar-refractivity contribution in [1.29, 1.82) is 0 Å². The summed E-state index contributed by atoms with van der Waals surface area (Å²) < 4.78 is 75.4. The number of amides is 2. The number of allylic oxidation sites excluding steroid dienone is 7. The molecule has 2 aromatic rings. The fourth-order valence-electron chi connectivity index (χ4n) is 8.15. The van der Waals surface area contributed by atoms with Crippen LogP contribution in [0.3, 0.4) is 0 Å².